The van der Waals surface area contributed by atoms with E-state index in [-0.39, 0.29) is 0 Å². The molecule has 12 aliphatic rings. The summed E-state index contributed by atoms with van der Waals surface area (Å²) in [6.07, 6.45) is 0. The number of nitrogens with zero attached hydrogens (tertiary/aromatic N) is 4. The third-order valence-electron chi connectivity index (χ3n) is 8.51. The van der Waals surface area contributed by atoms with Crippen molar-refractivity contribution in [3.05, 3.63) is 70.8 Å². The zero-order valence-corrected chi connectivity index (χ0v) is 24.5. The summed E-state index contributed by atoms with van der Waals surface area (Å²) in [7, 11) is 0. The zero-order chi connectivity index (χ0) is 27.2. The number of nitrogens with one attached hydrogen (secondary N) is 4. The van der Waals surface area contributed by atoms with Gasteiger partial charge in [-0.3, -0.25) is 19.6 Å². The van der Waals surface area contributed by atoms with Crippen molar-refractivity contribution in [2.75, 3.05) is 105 Å². The van der Waals surface area contributed by atoms with E-state index in [0.717, 1.165) is 131 Å². The van der Waals surface area contributed by atoms with Crippen LogP contribution in [0.25, 0.3) is 0 Å². The van der Waals surface area contributed by atoms with E-state index in [1.54, 1.807) is 0 Å². The first-order chi connectivity index (χ1) is 19.8. The fourth-order valence-electron chi connectivity index (χ4n) is 6.01. The minimum absolute atomic E-state index is 1.01. The molecular weight excluding hydrogens is 496 g/mol. The maximum atomic E-state index is 3.72. The first kappa shape index (κ1) is 29.6. The Bertz CT molecular complexity index is 784. The third-order valence-corrected chi connectivity index (χ3v) is 8.51. The normalized spacial score (nSPS) is 28.6. The van der Waals surface area contributed by atoms with Crippen LogP contribution < -0.4 is 21.3 Å². The van der Waals surface area contributed by atoms with Crippen LogP contribution in [0.15, 0.2) is 48.5 Å². The Morgan fingerprint density at radius 1 is 0.300 bits per heavy atom. The minimum atomic E-state index is 1.01. The van der Waals surface area contributed by atoms with Crippen LogP contribution in [-0.2, 0) is 26.2 Å². The van der Waals surface area contributed by atoms with Gasteiger partial charge in [0.15, 0.2) is 0 Å². The number of hydrogen-bond acceptors (Lipinski definition) is 8. The molecule has 2 saturated heterocycles. The van der Waals surface area contributed by atoms with Crippen LogP contribution >= 0.6 is 0 Å². The molecule has 2 aromatic carbocycles. The Labute approximate surface area is 242 Å². The van der Waals surface area contributed by atoms with E-state index in [4.69, 9.17) is 0 Å². The summed E-state index contributed by atoms with van der Waals surface area (Å²) >= 11 is 0. The van der Waals surface area contributed by atoms with Gasteiger partial charge in [0.05, 0.1) is 0 Å². The highest BCUT2D eigenvalue weighted by molar-refractivity contribution is 5.23. The van der Waals surface area contributed by atoms with Gasteiger partial charge < -0.3 is 21.3 Å². The molecule has 40 heavy (non-hydrogen) atoms. The molecule has 2 aromatic rings. The van der Waals surface area contributed by atoms with Crippen molar-refractivity contribution in [1.29, 1.82) is 0 Å². The Kier molecular flexibility index (Phi) is 12.2. The van der Waals surface area contributed by atoms with Gasteiger partial charge >= 0.3 is 0 Å². The molecule has 4 N–H and O–H groups in total. The summed E-state index contributed by atoms with van der Waals surface area (Å²) in [4.78, 5) is 10.4. The summed E-state index contributed by atoms with van der Waals surface area (Å²) in [6.45, 7) is 21.0. The van der Waals surface area contributed by atoms with Gasteiger partial charge in [-0.2, -0.15) is 0 Å². The molecule has 12 heterocycles. The van der Waals surface area contributed by atoms with E-state index in [2.05, 4.69) is 89.4 Å². The lowest BCUT2D eigenvalue weighted by molar-refractivity contribution is 0.231. The molecule has 0 saturated carbocycles. The van der Waals surface area contributed by atoms with E-state index in [0.29, 0.717) is 0 Å². The van der Waals surface area contributed by atoms with Gasteiger partial charge in [-0.1, -0.05) is 48.5 Å². The predicted molar refractivity (Wildman–Crippen MR) is 165 cm³/mol. The van der Waals surface area contributed by atoms with Gasteiger partial charge in [0.1, 0.15) is 0 Å². The molecule has 8 heteroatoms. The fourth-order valence-corrected chi connectivity index (χ4v) is 6.01. The Morgan fingerprint density at radius 3 is 0.650 bits per heavy atom. The van der Waals surface area contributed by atoms with Crippen LogP contribution in [0, 0.1) is 0 Å². The van der Waals surface area contributed by atoms with Gasteiger partial charge in [0.2, 0.25) is 0 Å². The SMILES string of the molecule is c1cc2ccc1CN1CCNCCN(CCNCC1)Cc1ccc(cc1)CN1CCNCCN(CCNCC1)C2. The van der Waals surface area contributed by atoms with Gasteiger partial charge in [-0.15, -0.1) is 0 Å². The fraction of sp³-hybridized carbons (Fsp3) is 0.625. The molecule has 0 aromatic heterocycles. The summed E-state index contributed by atoms with van der Waals surface area (Å²) in [6, 6.07) is 18.8. The van der Waals surface area contributed by atoms with E-state index in [1.807, 2.05) is 0 Å². The van der Waals surface area contributed by atoms with Crippen LogP contribution in [0.1, 0.15) is 22.3 Å². The third kappa shape index (κ3) is 10.2. The Balaban J connectivity index is 1.31. The number of hydrogen-bond donors (Lipinski definition) is 4. The molecule has 2 fully saturated rings. The molecule has 8 nitrogen and oxygen atoms in total. The number of benzene rings is 2. The van der Waals surface area contributed by atoms with Crippen molar-refractivity contribution in [3.63, 3.8) is 0 Å². The maximum absolute atomic E-state index is 3.72. The van der Waals surface area contributed by atoms with Crippen molar-refractivity contribution in [1.82, 2.24) is 40.9 Å². The Hall–Kier alpha value is -1.88. The highest BCUT2D eigenvalue weighted by atomic mass is 15.2. The summed E-state index contributed by atoms with van der Waals surface area (Å²) in [5, 5.41) is 14.9. The van der Waals surface area contributed by atoms with Crippen LogP contribution in [0.5, 0.6) is 0 Å². The molecule has 0 unspecified atom stereocenters. The first-order valence-corrected chi connectivity index (χ1v) is 15.7. The van der Waals surface area contributed by atoms with Crippen molar-refractivity contribution < 1.29 is 0 Å². The average Bonchev–Trinajstić information content (AvgIpc) is 2.95. The van der Waals surface area contributed by atoms with Gasteiger partial charge in [-0.25, -0.2) is 0 Å². The Morgan fingerprint density at radius 2 is 0.475 bits per heavy atom. The highest BCUT2D eigenvalue weighted by Gasteiger charge is 2.13. The molecule has 0 radical (unpaired) electrons. The molecule has 12 aliphatic heterocycles. The summed E-state index contributed by atoms with van der Waals surface area (Å²) in [5.41, 5.74) is 5.65. The van der Waals surface area contributed by atoms with Crippen molar-refractivity contribution >= 4 is 0 Å². The van der Waals surface area contributed by atoms with Crippen LogP contribution in [0.3, 0.4) is 0 Å². The predicted octanol–water partition coefficient (Wildman–Crippen LogP) is 0.994. The van der Waals surface area contributed by atoms with Crippen molar-refractivity contribution in [2.45, 2.75) is 26.2 Å². The molecule has 14 rings (SSSR count). The lowest BCUT2D eigenvalue weighted by atomic mass is 10.1. The molecule has 0 atom stereocenters. The zero-order valence-electron chi connectivity index (χ0n) is 24.5. The van der Waals surface area contributed by atoms with E-state index >= 15 is 0 Å². The van der Waals surface area contributed by atoms with E-state index in [9.17, 15) is 0 Å². The summed E-state index contributed by atoms with van der Waals surface area (Å²) in [5.74, 6) is 0. The first-order valence-electron chi connectivity index (χ1n) is 15.7. The standard InChI is InChI=1S/C32H52N8/c1-2-30-4-3-29(1)25-37-17-9-33-13-21-39(22-14-34-10-18-37)27-31-5-7-32(8-6-31)28-40-23-15-35-11-19-38(26-30)20-12-36-16-24-40/h1-8,33-36H,9-28H2. The molecule has 220 valence electrons. The highest BCUT2D eigenvalue weighted by Crippen LogP contribution is 2.12. The second-order valence-electron chi connectivity index (χ2n) is 11.7. The van der Waals surface area contributed by atoms with E-state index < -0.39 is 0 Å². The van der Waals surface area contributed by atoms with Crippen LogP contribution in [-0.4, -0.2) is 124 Å². The van der Waals surface area contributed by atoms with E-state index in [1.165, 1.54) is 22.3 Å². The minimum Gasteiger partial charge on any atom is -0.314 e. The van der Waals surface area contributed by atoms with Gasteiger partial charge in [0.25, 0.3) is 0 Å². The molecule has 8 bridgehead atoms. The summed E-state index contributed by atoms with van der Waals surface area (Å²) < 4.78 is 0. The van der Waals surface area contributed by atoms with Gasteiger partial charge in [-0.05, 0) is 22.3 Å². The molecule has 0 spiro atoms. The second-order valence-corrected chi connectivity index (χ2v) is 11.7. The van der Waals surface area contributed by atoms with Crippen LogP contribution in [0.2, 0.25) is 0 Å². The molecular formula is C32H52N8. The monoisotopic (exact) mass is 548 g/mol. The number of rotatable bonds is 0. The average molecular weight is 549 g/mol. The maximum Gasteiger partial charge on any atom is 0.0234 e. The largest absolute Gasteiger partial charge is 0.314 e. The van der Waals surface area contributed by atoms with Gasteiger partial charge in [0, 0.05) is 131 Å². The topological polar surface area (TPSA) is 61.1 Å². The van der Waals surface area contributed by atoms with Crippen molar-refractivity contribution in [2.24, 2.45) is 0 Å². The smallest absolute Gasteiger partial charge is 0.0234 e. The molecule has 0 aliphatic carbocycles. The second kappa shape index (κ2) is 16.5. The lowest BCUT2D eigenvalue weighted by Crippen LogP contribution is -2.43. The molecule has 0 amide bonds. The lowest BCUT2D eigenvalue weighted by Gasteiger charge is -2.28. The van der Waals surface area contributed by atoms with Crippen LogP contribution in [0.4, 0.5) is 0 Å². The van der Waals surface area contributed by atoms with Crippen molar-refractivity contribution in [3.8, 4) is 0 Å². The quantitative estimate of drug-likeness (QED) is 0.389.